The molecule has 2 aromatic rings. The van der Waals surface area contributed by atoms with Crippen molar-refractivity contribution in [3.8, 4) is 5.75 Å². The van der Waals surface area contributed by atoms with Crippen molar-refractivity contribution < 1.29 is 56.4 Å². The Bertz CT molecular complexity index is 1690. The van der Waals surface area contributed by atoms with Gasteiger partial charge in [-0.1, -0.05) is 6.07 Å². The predicted octanol–water partition coefficient (Wildman–Crippen LogP) is 2.64. The van der Waals surface area contributed by atoms with Crippen LogP contribution in [0.25, 0.3) is 0 Å². The number of carbonyl (C=O) groups excluding carboxylic acids is 3. The molecule has 0 saturated carbocycles. The first-order valence-corrected chi connectivity index (χ1v) is 16.4. The quantitative estimate of drug-likeness (QED) is 0.273. The van der Waals surface area contributed by atoms with Gasteiger partial charge in [0, 0.05) is 50.0 Å². The number of pyridine rings is 1. The molecule has 2 fully saturated rings. The molecule has 2 amide bonds. The maximum absolute atomic E-state index is 14.3. The second kappa shape index (κ2) is 13.1. The molecule has 1 unspecified atom stereocenters. The number of phosphoric acid groups is 1. The summed E-state index contributed by atoms with van der Waals surface area (Å²) in [6, 6.07) is 1.81. The second-order valence-corrected chi connectivity index (χ2v) is 13.3. The molecule has 0 radical (unpaired) electrons. The summed E-state index contributed by atoms with van der Waals surface area (Å²) in [6.07, 6.45) is -0.00167. The number of hydrogen-bond acceptors (Lipinski definition) is 10. The van der Waals surface area contributed by atoms with E-state index in [-0.39, 0.29) is 29.9 Å². The molecule has 15 nitrogen and oxygen atoms in total. The van der Waals surface area contributed by atoms with Crippen molar-refractivity contribution in [1.82, 2.24) is 19.8 Å². The maximum Gasteiger partial charge on any atom is 0.514 e. The molecule has 1 aromatic carbocycles. The van der Waals surface area contributed by atoms with E-state index in [1.807, 2.05) is 13.8 Å². The molecule has 5 atom stereocenters. The van der Waals surface area contributed by atoms with E-state index in [0.29, 0.717) is 25.3 Å². The normalized spacial score (nSPS) is 24.9. The lowest BCUT2D eigenvalue weighted by atomic mass is 9.84. The van der Waals surface area contributed by atoms with Gasteiger partial charge in [-0.25, -0.2) is 18.1 Å². The largest absolute Gasteiger partial charge is 0.514 e. The Balaban J connectivity index is 1.57. The Kier molecular flexibility index (Phi) is 9.61. The molecule has 3 N–H and O–H groups in total. The molecule has 0 aliphatic carbocycles. The van der Waals surface area contributed by atoms with Crippen molar-refractivity contribution in [1.29, 1.82) is 0 Å². The average molecular weight is 685 g/mol. The number of benzene rings is 1. The third-order valence-electron chi connectivity index (χ3n) is 8.71. The monoisotopic (exact) mass is 684 g/mol. The minimum absolute atomic E-state index is 0.0197. The molecule has 47 heavy (non-hydrogen) atoms. The van der Waals surface area contributed by atoms with Crippen LogP contribution >= 0.6 is 7.82 Å². The van der Waals surface area contributed by atoms with Crippen LogP contribution in [0.1, 0.15) is 72.5 Å². The summed E-state index contributed by atoms with van der Waals surface area (Å²) in [5.41, 5.74) is -2.98. The molecule has 2 bridgehead atoms. The molecule has 1 aromatic heterocycles. The summed E-state index contributed by atoms with van der Waals surface area (Å²) in [7, 11) is -3.13. The van der Waals surface area contributed by atoms with Crippen molar-refractivity contribution in [2.75, 3.05) is 20.2 Å². The lowest BCUT2D eigenvalue weighted by Gasteiger charge is -2.42. The molecule has 256 valence electrons. The zero-order chi connectivity index (χ0) is 34.4. The minimum atomic E-state index is -4.91. The van der Waals surface area contributed by atoms with E-state index in [2.05, 4.69) is 9.84 Å². The second-order valence-electron chi connectivity index (χ2n) is 12.1. The first-order chi connectivity index (χ1) is 22.0. The van der Waals surface area contributed by atoms with Gasteiger partial charge in [0.15, 0.2) is 5.69 Å². The van der Waals surface area contributed by atoms with Crippen molar-refractivity contribution in [3.63, 3.8) is 0 Å². The summed E-state index contributed by atoms with van der Waals surface area (Å²) in [4.78, 5) is 80.0. The molecule has 3 aliphatic rings. The molecule has 18 heteroatoms. The third-order valence-corrected chi connectivity index (χ3v) is 9.35. The Hall–Kier alpha value is -3.73. The van der Waals surface area contributed by atoms with Gasteiger partial charge >= 0.3 is 14.0 Å². The number of hydroxylamine groups is 2. The maximum atomic E-state index is 14.3. The molecule has 5 rings (SSSR count). The van der Waals surface area contributed by atoms with Gasteiger partial charge in [0.25, 0.3) is 11.8 Å². The number of rotatable bonds is 8. The molecular weight excluding hydrogens is 649 g/mol. The van der Waals surface area contributed by atoms with Gasteiger partial charge in [0.1, 0.15) is 35.5 Å². The zero-order valence-corrected chi connectivity index (χ0v) is 26.9. The first kappa shape index (κ1) is 34.6. The smallest absolute Gasteiger partial charge is 0.431 e. The Morgan fingerprint density at radius 3 is 2.57 bits per heavy atom. The fraction of sp³-hybridized carbons (Fsp3) is 0.517. The van der Waals surface area contributed by atoms with Gasteiger partial charge in [0.2, 0.25) is 11.2 Å². The molecular formula is C29H35F2N4O11P. The zero-order valence-electron chi connectivity index (χ0n) is 26.0. The van der Waals surface area contributed by atoms with Crippen LogP contribution in [0.4, 0.5) is 13.6 Å². The number of hydrogen-bond donors (Lipinski definition) is 3. The van der Waals surface area contributed by atoms with Crippen molar-refractivity contribution in [2.45, 2.75) is 76.4 Å². The number of fused-ring (bicyclic) bond motifs is 5. The van der Waals surface area contributed by atoms with Crippen LogP contribution in [0.2, 0.25) is 0 Å². The van der Waals surface area contributed by atoms with E-state index in [1.165, 1.54) is 17.7 Å². The van der Waals surface area contributed by atoms with Gasteiger partial charge < -0.3 is 34.0 Å². The fourth-order valence-electron chi connectivity index (χ4n) is 6.27. The van der Waals surface area contributed by atoms with Crippen molar-refractivity contribution >= 4 is 25.8 Å². The van der Waals surface area contributed by atoms with Crippen LogP contribution in [0.15, 0.2) is 29.2 Å². The van der Waals surface area contributed by atoms with Gasteiger partial charge in [-0.2, -0.15) is 5.06 Å². The van der Waals surface area contributed by atoms with Gasteiger partial charge in [-0.15, -0.1) is 0 Å². The highest BCUT2D eigenvalue weighted by molar-refractivity contribution is 7.46. The number of halogens is 2. The standard InChI is InChI=1S/C29H35F2N4O11P/c1-15-7-8-29(10-16(2)33(4)46-29)22-13-34(15)27(38)23-25(44-28(39)43-14-17(3)45-47(40,41)42)24(36)20(12-35(22)23)26(37)32-11-18-5-6-19(30)9-21(18)31/h5-6,9,12,15-17,22H,7-8,10-11,13-14H2,1-4H3,(H,32,37)(H2,40,41,42)/t15-,16?,17-,22+,29-/m0/s1. The van der Waals surface area contributed by atoms with E-state index < -0.39 is 85.1 Å². The SMILES string of the molecule is CC1C[C@]2(CC[C@H](C)N3C[C@H]2n2cc(C(=O)NCc4ccc(F)cc4F)c(=O)c(OC(=O)OC[C@H](C)OP(=O)(O)O)c2C3=O)ON1C. The Labute approximate surface area is 267 Å². The van der Waals surface area contributed by atoms with Crippen LogP contribution in [0.5, 0.6) is 5.75 Å². The highest BCUT2D eigenvalue weighted by Gasteiger charge is 2.55. The van der Waals surface area contributed by atoms with Crippen LogP contribution in [0, 0.1) is 11.6 Å². The van der Waals surface area contributed by atoms with E-state index in [0.717, 1.165) is 12.1 Å². The number of ether oxygens (including phenoxy) is 2. The summed E-state index contributed by atoms with van der Waals surface area (Å²) >= 11 is 0. The van der Waals surface area contributed by atoms with E-state index in [9.17, 15) is 32.5 Å². The number of aromatic nitrogens is 1. The van der Waals surface area contributed by atoms with Crippen LogP contribution in [0.3, 0.4) is 0 Å². The Morgan fingerprint density at radius 1 is 1.21 bits per heavy atom. The number of nitrogens with zero attached hydrogens (tertiary/aromatic N) is 3. The molecule has 3 aliphatic heterocycles. The Morgan fingerprint density at radius 2 is 1.94 bits per heavy atom. The summed E-state index contributed by atoms with van der Waals surface area (Å²) < 4.78 is 54.8. The number of amides is 2. The minimum Gasteiger partial charge on any atom is -0.431 e. The number of carbonyl (C=O) groups is 3. The average Bonchev–Trinajstić information content (AvgIpc) is 3.21. The van der Waals surface area contributed by atoms with Crippen LogP contribution < -0.4 is 15.5 Å². The van der Waals surface area contributed by atoms with Gasteiger partial charge in [-0.05, 0) is 46.1 Å². The van der Waals surface area contributed by atoms with E-state index >= 15 is 0 Å². The lowest BCUT2D eigenvalue weighted by Crippen LogP contribution is -2.52. The molecule has 1 spiro atoms. The summed E-state index contributed by atoms with van der Waals surface area (Å²) in [6.45, 7) is 4.05. The van der Waals surface area contributed by atoms with Crippen molar-refractivity contribution in [2.24, 2.45) is 0 Å². The van der Waals surface area contributed by atoms with E-state index in [4.69, 9.17) is 24.1 Å². The molecule has 2 saturated heterocycles. The lowest BCUT2D eigenvalue weighted by molar-refractivity contribution is -0.206. The first-order valence-electron chi connectivity index (χ1n) is 14.8. The third kappa shape index (κ3) is 7.10. The topological polar surface area (TPSA) is 186 Å². The highest BCUT2D eigenvalue weighted by atomic mass is 31.2. The molecule has 4 heterocycles. The van der Waals surface area contributed by atoms with Crippen LogP contribution in [-0.4, -0.2) is 86.3 Å². The summed E-state index contributed by atoms with van der Waals surface area (Å²) in [5.74, 6) is -4.21. The predicted molar refractivity (Wildman–Crippen MR) is 157 cm³/mol. The van der Waals surface area contributed by atoms with E-state index in [1.54, 1.807) is 17.0 Å². The number of phosphoric ester groups is 1. The van der Waals surface area contributed by atoms with Gasteiger partial charge in [-0.3, -0.25) is 23.7 Å². The van der Waals surface area contributed by atoms with Gasteiger partial charge in [0.05, 0.1) is 6.04 Å². The fourth-order valence-corrected chi connectivity index (χ4v) is 6.80. The number of nitrogens with one attached hydrogen (secondary N) is 1. The van der Waals surface area contributed by atoms with Crippen LogP contribution in [-0.2, 0) is 25.2 Å². The van der Waals surface area contributed by atoms with Crippen molar-refractivity contribution in [3.05, 3.63) is 63.1 Å². The highest BCUT2D eigenvalue weighted by Crippen LogP contribution is 2.48. The summed E-state index contributed by atoms with van der Waals surface area (Å²) in [5, 5.41) is 4.12.